The Morgan fingerprint density at radius 2 is 1.87 bits per heavy atom. The van der Waals surface area contributed by atoms with E-state index in [4.69, 9.17) is 22.3 Å². The number of halogens is 1. The van der Waals surface area contributed by atoms with Crippen molar-refractivity contribution in [2.24, 2.45) is 16.1 Å². The molecule has 0 saturated heterocycles. The molecule has 0 radical (unpaired) electrons. The van der Waals surface area contributed by atoms with Crippen LogP contribution in [0.1, 0.15) is 44.4 Å². The van der Waals surface area contributed by atoms with Gasteiger partial charge in [-0.25, -0.2) is 9.98 Å². The quantitative estimate of drug-likeness (QED) is 0.309. The minimum Gasteiger partial charge on any atom is -0.394 e. The summed E-state index contributed by atoms with van der Waals surface area (Å²) in [5, 5.41) is 17.7. The van der Waals surface area contributed by atoms with Gasteiger partial charge in [-0.1, -0.05) is 68.8 Å². The largest absolute Gasteiger partial charge is 0.394 e. The summed E-state index contributed by atoms with van der Waals surface area (Å²) in [7, 11) is 0. The van der Waals surface area contributed by atoms with Crippen LogP contribution in [0.3, 0.4) is 0 Å². The van der Waals surface area contributed by atoms with Gasteiger partial charge in [0.2, 0.25) is 0 Å². The molecule has 3 heterocycles. The highest BCUT2D eigenvalue weighted by Crippen LogP contribution is 2.45. The van der Waals surface area contributed by atoms with E-state index in [-0.39, 0.29) is 23.9 Å². The second kappa shape index (κ2) is 10.2. The number of hydrogen-bond donors (Lipinski definition) is 3. The second-order valence-electron chi connectivity index (χ2n) is 10.8. The molecule has 1 aliphatic heterocycles. The maximum atomic E-state index is 14.4. The lowest BCUT2D eigenvalue weighted by atomic mass is 9.75. The third kappa shape index (κ3) is 5.03. The molecular weight excluding hydrogens is 514 g/mol. The predicted octanol–water partition coefficient (Wildman–Crippen LogP) is 4.71. The number of aromatic amines is 1. The fourth-order valence-electron chi connectivity index (χ4n) is 5.13. The average molecular weight is 544 g/mol. The van der Waals surface area contributed by atoms with Crippen LogP contribution in [-0.2, 0) is 10.3 Å². The molecule has 9 nitrogen and oxygen atoms in total. The first kappa shape index (κ1) is 26.5. The third-order valence-electron chi connectivity index (χ3n) is 6.76. The molecule has 0 fully saturated rings. The van der Waals surface area contributed by atoms with Gasteiger partial charge in [0.15, 0.2) is 17.3 Å². The number of nitrogens with two attached hydrogens (primary N) is 1. The van der Waals surface area contributed by atoms with Crippen LogP contribution < -0.4 is 5.73 Å². The Balaban J connectivity index is 1.55. The van der Waals surface area contributed by atoms with Crippen molar-refractivity contribution in [1.29, 1.82) is 0 Å². The zero-order valence-electron chi connectivity index (χ0n) is 22.0. The van der Waals surface area contributed by atoms with Gasteiger partial charge in [0.05, 0.1) is 23.4 Å². The first-order valence-electron chi connectivity index (χ1n) is 12.6. The van der Waals surface area contributed by atoms with E-state index >= 15 is 0 Å². The standard InChI is InChI=1S/C29H30ClN7O2/c1-28(2,3)16-29(20-10-7-18(8-11-20)23-6-4-5-13-32-23)26(39)37(27(31)35-29)24(15-38)19-9-12-22(30)21(14-19)25-33-17-34-36-25/h4-14,17,24,38H,15-16H2,1-3H3,(H2,31,35)(H,33,34,36)/t24-,29-/m1/s1. The summed E-state index contributed by atoms with van der Waals surface area (Å²) in [4.78, 5) is 29.2. The third-order valence-corrected chi connectivity index (χ3v) is 7.09. The van der Waals surface area contributed by atoms with Gasteiger partial charge >= 0.3 is 0 Å². The molecule has 2 aromatic carbocycles. The summed E-state index contributed by atoms with van der Waals surface area (Å²) < 4.78 is 0. The molecule has 1 aliphatic rings. The molecule has 0 aliphatic carbocycles. The van der Waals surface area contributed by atoms with Gasteiger partial charge in [-0.2, -0.15) is 5.10 Å². The van der Waals surface area contributed by atoms with Crippen LogP contribution in [0.25, 0.3) is 22.6 Å². The number of nitrogens with one attached hydrogen (secondary N) is 1. The van der Waals surface area contributed by atoms with E-state index in [1.807, 2.05) is 42.5 Å². The van der Waals surface area contributed by atoms with E-state index in [0.717, 1.165) is 16.8 Å². The van der Waals surface area contributed by atoms with Crippen molar-refractivity contribution in [1.82, 2.24) is 25.1 Å². The van der Waals surface area contributed by atoms with Crippen molar-refractivity contribution < 1.29 is 9.90 Å². The number of carbonyl (C=O) groups excluding carboxylic acids is 1. The normalized spacial score (nSPS) is 18.3. The second-order valence-corrected chi connectivity index (χ2v) is 11.2. The van der Waals surface area contributed by atoms with E-state index in [9.17, 15) is 9.90 Å². The van der Waals surface area contributed by atoms with E-state index in [2.05, 4.69) is 40.9 Å². The van der Waals surface area contributed by atoms with Crippen molar-refractivity contribution in [3.63, 3.8) is 0 Å². The van der Waals surface area contributed by atoms with E-state index in [0.29, 0.717) is 28.4 Å². The highest BCUT2D eigenvalue weighted by Gasteiger charge is 2.52. The first-order chi connectivity index (χ1) is 18.6. The van der Waals surface area contributed by atoms with Crippen LogP contribution in [-0.4, -0.2) is 48.6 Å². The summed E-state index contributed by atoms with van der Waals surface area (Å²) >= 11 is 6.42. The molecule has 0 saturated carbocycles. The van der Waals surface area contributed by atoms with Gasteiger partial charge < -0.3 is 10.8 Å². The van der Waals surface area contributed by atoms with Gasteiger partial charge in [0.1, 0.15) is 6.33 Å². The molecule has 39 heavy (non-hydrogen) atoms. The summed E-state index contributed by atoms with van der Waals surface area (Å²) in [6, 6.07) is 17.9. The summed E-state index contributed by atoms with van der Waals surface area (Å²) in [6.07, 6.45) is 3.55. The lowest BCUT2D eigenvalue weighted by Crippen LogP contribution is -2.47. The molecule has 2 aromatic heterocycles. The fraction of sp³-hybridized carbons (Fsp3) is 0.276. The van der Waals surface area contributed by atoms with Crippen molar-refractivity contribution in [3.8, 4) is 22.6 Å². The Bertz CT molecular complexity index is 1500. The smallest absolute Gasteiger partial charge is 0.262 e. The first-order valence-corrected chi connectivity index (χ1v) is 13.0. The number of rotatable bonds is 7. The van der Waals surface area contributed by atoms with Gasteiger partial charge in [-0.15, -0.1) is 0 Å². The van der Waals surface area contributed by atoms with Crippen LogP contribution in [0.5, 0.6) is 0 Å². The van der Waals surface area contributed by atoms with E-state index < -0.39 is 11.6 Å². The fourth-order valence-corrected chi connectivity index (χ4v) is 5.33. The molecule has 0 spiro atoms. The number of carbonyl (C=O) groups is 1. The summed E-state index contributed by atoms with van der Waals surface area (Å²) in [6.45, 7) is 5.81. The summed E-state index contributed by atoms with van der Waals surface area (Å²) in [5.74, 6) is 0.229. The number of guanidine groups is 1. The Kier molecular flexibility index (Phi) is 6.96. The number of amides is 1. The van der Waals surface area contributed by atoms with Crippen molar-refractivity contribution in [2.75, 3.05) is 6.61 Å². The Morgan fingerprint density at radius 1 is 1.10 bits per heavy atom. The molecule has 2 atom stereocenters. The number of pyridine rings is 1. The maximum Gasteiger partial charge on any atom is 0.262 e. The molecule has 5 rings (SSSR count). The van der Waals surface area contributed by atoms with Gasteiger partial charge in [0, 0.05) is 17.3 Å². The summed E-state index contributed by atoms with van der Waals surface area (Å²) in [5.41, 5.74) is 8.69. The van der Waals surface area contributed by atoms with Crippen LogP contribution >= 0.6 is 11.6 Å². The van der Waals surface area contributed by atoms with E-state index in [1.165, 1.54) is 11.2 Å². The molecule has 4 N–H and O–H groups in total. The number of nitrogens with zero attached hydrogens (tertiary/aromatic N) is 5. The van der Waals surface area contributed by atoms with Gasteiger partial charge in [-0.05, 0) is 47.2 Å². The Morgan fingerprint density at radius 3 is 2.49 bits per heavy atom. The SMILES string of the molecule is CC(C)(C)C[C@]1(c2ccc(-c3ccccn3)cc2)N=C(N)N([C@H](CO)c2ccc(Cl)c(-c3ncn[nH]3)c2)C1=O. The maximum absolute atomic E-state index is 14.4. The van der Waals surface area contributed by atoms with Crippen LogP contribution in [0.4, 0.5) is 0 Å². The predicted molar refractivity (Wildman–Crippen MR) is 151 cm³/mol. The van der Waals surface area contributed by atoms with Crippen molar-refractivity contribution in [3.05, 3.63) is 89.3 Å². The van der Waals surface area contributed by atoms with Gasteiger partial charge in [0.25, 0.3) is 5.91 Å². The molecule has 10 heteroatoms. The monoisotopic (exact) mass is 543 g/mol. The number of hydrogen-bond acceptors (Lipinski definition) is 7. The number of H-pyrrole nitrogens is 1. The van der Waals surface area contributed by atoms with E-state index in [1.54, 1.807) is 24.4 Å². The molecular formula is C29H30ClN7O2. The molecule has 0 unspecified atom stereocenters. The molecule has 0 bridgehead atoms. The van der Waals surface area contributed by atoms with Crippen LogP contribution in [0.15, 0.2) is 78.2 Å². The number of aliphatic hydroxyl groups is 1. The van der Waals surface area contributed by atoms with Gasteiger partial charge in [-0.3, -0.25) is 19.8 Å². The lowest BCUT2D eigenvalue weighted by molar-refractivity contribution is -0.135. The van der Waals surface area contributed by atoms with Crippen molar-refractivity contribution in [2.45, 2.75) is 38.8 Å². The Hall–Kier alpha value is -4.08. The number of aliphatic hydroxyl groups excluding tert-OH is 1. The number of benzene rings is 2. The minimum absolute atomic E-state index is 0.0493. The topological polar surface area (TPSA) is 133 Å². The molecule has 1 amide bonds. The Labute approximate surface area is 231 Å². The zero-order valence-corrected chi connectivity index (χ0v) is 22.7. The highest BCUT2D eigenvalue weighted by atomic mass is 35.5. The van der Waals surface area contributed by atoms with Crippen LogP contribution in [0.2, 0.25) is 5.02 Å². The number of aromatic nitrogens is 4. The van der Waals surface area contributed by atoms with Crippen LogP contribution in [0, 0.1) is 5.41 Å². The highest BCUT2D eigenvalue weighted by molar-refractivity contribution is 6.33. The van der Waals surface area contributed by atoms with Crippen molar-refractivity contribution >= 4 is 23.5 Å². The minimum atomic E-state index is -1.25. The zero-order chi connectivity index (χ0) is 27.8. The lowest BCUT2D eigenvalue weighted by Gasteiger charge is -2.34. The number of aliphatic imine (C=N–C) groups is 1. The molecule has 200 valence electrons. The average Bonchev–Trinajstić information content (AvgIpc) is 3.53. The molecule has 4 aromatic rings.